The Morgan fingerprint density at radius 2 is 2.06 bits per heavy atom. The summed E-state index contributed by atoms with van der Waals surface area (Å²) in [5, 5.41) is 7.32. The quantitative estimate of drug-likeness (QED) is 0.786. The van der Waals surface area contributed by atoms with Crippen LogP contribution in [0.3, 0.4) is 0 Å². The molecule has 1 aromatic rings. The normalized spacial score (nSPS) is 13.7. The van der Waals surface area contributed by atoms with Crippen LogP contribution >= 0.6 is 0 Å². The molecule has 0 bridgehead atoms. The summed E-state index contributed by atoms with van der Waals surface area (Å²) in [6.07, 6.45) is 0. The van der Waals surface area contributed by atoms with E-state index in [-0.39, 0.29) is 0 Å². The molecule has 92 valence electrons. The first-order valence-electron chi connectivity index (χ1n) is 5.66. The van der Waals surface area contributed by atoms with Gasteiger partial charge in [-0.3, -0.25) is 0 Å². The topological polar surface area (TPSA) is 54.2 Å². The predicted octanol–water partition coefficient (Wildman–Crippen LogP) is 1.05. The molecule has 5 nitrogen and oxygen atoms in total. The molecule has 0 fully saturated rings. The first kappa shape index (κ1) is 13.1. The molecular formula is C11H22N4O. The molecule has 1 rings (SSSR count). The fourth-order valence-corrected chi connectivity index (χ4v) is 1.54. The molecule has 0 amide bonds. The van der Waals surface area contributed by atoms with Gasteiger partial charge in [-0.25, -0.2) is 0 Å². The third-order valence-electron chi connectivity index (χ3n) is 2.46. The highest BCUT2D eigenvalue weighted by Crippen LogP contribution is 2.04. The molecule has 1 heterocycles. The molecule has 0 saturated carbocycles. The van der Waals surface area contributed by atoms with Crippen LogP contribution in [0.15, 0.2) is 4.52 Å². The van der Waals surface area contributed by atoms with E-state index in [1.54, 1.807) is 6.92 Å². The molecule has 0 saturated heterocycles. The Kier molecular flexibility index (Phi) is 4.89. The van der Waals surface area contributed by atoms with Crippen molar-refractivity contribution in [3.05, 3.63) is 11.7 Å². The summed E-state index contributed by atoms with van der Waals surface area (Å²) in [6.45, 7) is 7.89. The van der Waals surface area contributed by atoms with E-state index in [9.17, 15) is 0 Å². The lowest BCUT2D eigenvalue weighted by atomic mass is 10.0. The summed E-state index contributed by atoms with van der Waals surface area (Å²) in [4.78, 5) is 6.35. The van der Waals surface area contributed by atoms with E-state index in [1.807, 2.05) is 0 Å². The molecular weight excluding hydrogens is 204 g/mol. The Hall–Kier alpha value is -0.940. The van der Waals surface area contributed by atoms with E-state index >= 15 is 0 Å². The van der Waals surface area contributed by atoms with Gasteiger partial charge < -0.3 is 14.7 Å². The van der Waals surface area contributed by atoms with Crippen molar-refractivity contribution in [1.82, 2.24) is 20.4 Å². The van der Waals surface area contributed by atoms with Crippen LogP contribution < -0.4 is 5.32 Å². The van der Waals surface area contributed by atoms with Crippen molar-refractivity contribution in [3.63, 3.8) is 0 Å². The number of hydrogen-bond donors (Lipinski definition) is 1. The molecule has 1 aromatic heterocycles. The Balaban J connectivity index is 2.43. The molecule has 0 radical (unpaired) electrons. The van der Waals surface area contributed by atoms with Crippen molar-refractivity contribution >= 4 is 0 Å². The number of aryl methyl sites for hydroxylation is 1. The zero-order chi connectivity index (χ0) is 12.1. The Labute approximate surface area is 97.2 Å². The fraction of sp³-hybridized carbons (Fsp3) is 0.818. The van der Waals surface area contributed by atoms with E-state index < -0.39 is 0 Å². The maximum atomic E-state index is 4.93. The van der Waals surface area contributed by atoms with Crippen LogP contribution in [0.2, 0.25) is 0 Å². The largest absolute Gasteiger partial charge is 0.340 e. The first-order chi connectivity index (χ1) is 7.49. The number of rotatable bonds is 6. The average Bonchev–Trinajstić information content (AvgIpc) is 2.58. The Bertz CT molecular complexity index is 309. The number of nitrogens with one attached hydrogen (secondary N) is 1. The van der Waals surface area contributed by atoms with Crippen molar-refractivity contribution in [2.45, 2.75) is 33.4 Å². The van der Waals surface area contributed by atoms with Crippen molar-refractivity contribution in [1.29, 1.82) is 0 Å². The second kappa shape index (κ2) is 5.96. The molecule has 1 atom stereocenters. The van der Waals surface area contributed by atoms with Crippen molar-refractivity contribution in [2.75, 3.05) is 20.6 Å². The molecule has 5 heteroatoms. The van der Waals surface area contributed by atoms with E-state index in [0.29, 0.717) is 24.4 Å². The third-order valence-corrected chi connectivity index (χ3v) is 2.46. The molecule has 1 unspecified atom stereocenters. The third kappa shape index (κ3) is 4.28. The van der Waals surface area contributed by atoms with E-state index in [0.717, 1.165) is 12.4 Å². The van der Waals surface area contributed by atoms with E-state index in [4.69, 9.17) is 4.52 Å². The van der Waals surface area contributed by atoms with Gasteiger partial charge in [0.15, 0.2) is 5.82 Å². The maximum Gasteiger partial charge on any atom is 0.223 e. The summed E-state index contributed by atoms with van der Waals surface area (Å²) in [5.74, 6) is 1.92. The zero-order valence-corrected chi connectivity index (χ0v) is 10.8. The van der Waals surface area contributed by atoms with Gasteiger partial charge in [-0.2, -0.15) is 4.98 Å². The summed E-state index contributed by atoms with van der Waals surface area (Å²) in [7, 11) is 4.16. The fourth-order valence-electron chi connectivity index (χ4n) is 1.54. The van der Waals surface area contributed by atoms with Gasteiger partial charge in [0, 0.05) is 19.5 Å². The van der Waals surface area contributed by atoms with Crippen LogP contribution in [0.25, 0.3) is 0 Å². The van der Waals surface area contributed by atoms with Gasteiger partial charge in [-0.05, 0) is 20.0 Å². The molecule has 0 spiro atoms. The summed E-state index contributed by atoms with van der Waals surface area (Å²) < 4.78 is 4.93. The smallest absolute Gasteiger partial charge is 0.223 e. The summed E-state index contributed by atoms with van der Waals surface area (Å²) in [5.41, 5.74) is 0. The van der Waals surface area contributed by atoms with Crippen molar-refractivity contribution in [2.24, 2.45) is 5.92 Å². The zero-order valence-electron chi connectivity index (χ0n) is 10.8. The van der Waals surface area contributed by atoms with E-state index in [1.165, 1.54) is 0 Å². The lowest BCUT2D eigenvalue weighted by molar-refractivity contribution is 0.285. The summed E-state index contributed by atoms with van der Waals surface area (Å²) >= 11 is 0. The molecule has 1 N–H and O–H groups in total. The highest BCUT2D eigenvalue weighted by Gasteiger charge is 2.14. The molecule has 0 aliphatic heterocycles. The van der Waals surface area contributed by atoms with Crippen LogP contribution in [0.4, 0.5) is 0 Å². The van der Waals surface area contributed by atoms with Crippen molar-refractivity contribution < 1.29 is 4.52 Å². The van der Waals surface area contributed by atoms with Gasteiger partial charge in [-0.15, -0.1) is 0 Å². The standard InChI is InChI=1S/C11H22N4O/c1-8(2)10(7-15(4)5)12-6-11-13-9(3)16-14-11/h8,10,12H,6-7H2,1-5H3. The SMILES string of the molecule is Cc1nc(CNC(CN(C)C)C(C)C)no1. The number of nitrogens with zero attached hydrogens (tertiary/aromatic N) is 3. The molecule has 0 aliphatic rings. The first-order valence-corrected chi connectivity index (χ1v) is 5.66. The highest BCUT2D eigenvalue weighted by molar-refractivity contribution is 4.85. The van der Waals surface area contributed by atoms with Crippen LogP contribution in [-0.2, 0) is 6.54 Å². The van der Waals surface area contributed by atoms with Gasteiger partial charge >= 0.3 is 0 Å². The number of likely N-dealkylation sites (N-methyl/N-ethyl adjacent to an activating group) is 1. The van der Waals surface area contributed by atoms with Crippen LogP contribution in [0.5, 0.6) is 0 Å². The molecule has 0 aromatic carbocycles. The maximum absolute atomic E-state index is 4.93. The van der Waals surface area contributed by atoms with Crippen LogP contribution in [0, 0.1) is 12.8 Å². The highest BCUT2D eigenvalue weighted by atomic mass is 16.5. The minimum Gasteiger partial charge on any atom is -0.340 e. The van der Waals surface area contributed by atoms with Crippen LogP contribution in [-0.4, -0.2) is 41.7 Å². The number of aromatic nitrogens is 2. The van der Waals surface area contributed by atoms with Gasteiger partial charge in [0.25, 0.3) is 0 Å². The second-order valence-electron chi connectivity index (χ2n) is 4.72. The summed E-state index contributed by atoms with van der Waals surface area (Å²) in [6, 6.07) is 0.439. The lowest BCUT2D eigenvalue weighted by Crippen LogP contribution is -2.41. The minimum absolute atomic E-state index is 0.439. The van der Waals surface area contributed by atoms with Gasteiger partial charge in [-0.1, -0.05) is 19.0 Å². The Morgan fingerprint density at radius 1 is 1.38 bits per heavy atom. The minimum atomic E-state index is 0.439. The number of hydrogen-bond acceptors (Lipinski definition) is 5. The molecule has 16 heavy (non-hydrogen) atoms. The second-order valence-corrected chi connectivity index (χ2v) is 4.72. The van der Waals surface area contributed by atoms with Gasteiger partial charge in [0.2, 0.25) is 5.89 Å². The predicted molar refractivity (Wildman–Crippen MR) is 63.1 cm³/mol. The monoisotopic (exact) mass is 226 g/mol. The molecule has 0 aliphatic carbocycles. The van der Waals surface area contributed by atoms with E-state index in [2.05, 4.69) is 48.3 Å². The average molecular weight is 226 g/mol. The Morgan fingerprint density at radius 3 is 2.50 bits per heavy atom. The van der Waals surface area contributed by atoms with Crippen LogP contribution in [0.1, 0.15) is 25.6 Å². The van der Waals surface area contributed by atoms with Gasteiger partial charge in [0.1, 0.15) is 0 Å². The lowest BCUT2D eigenvalue weighted by Gasteiger charge is -2.25. The van der Waals surface area contributed by atoms with Crippen molar-refractivity contribution in [3.8, 4) is 0 Å². The van der Waals surface area contributed by atoms with Gasteiger partial charge in [0.05, 0.1) is 6.54 Å².